The van der Waals surface area contributed by atoms with Crippen molar-refractivity contribution >= 4 is 61.6 Å². The van der Waals surface area contributed by atoms with Gasteiger partial charge in [0.15, 0.2) is 0 Å². The summed E-state index contributed by atoms with van der Waals surface area (Å²) >= 11 is 2.49. The zero-order valence-corrected chi connectivity index (χ0v) is 19.6. The largest absolute Gasteiger partial charge is 0.326 e. The van der Waals surface area contributed by atoms with E-state index < -0.39 is 10.0 Å². The summed E-state index contributed by atoms with van der Waals surface area (Å²) in [5.41, 5.74) is 2.29. The van der Waals surface area contributed by atoms with Crippen LogP contribution < -0.4 is 15.4 Å². The fraction of sp³-hybridized carbons (Fsp3) is 0.0435. The van der Waals surface area contributed by atoms with E-state index in [-0.39, 0.29) is 22.4 Å². The zero-order valence-electron chi connectivity index (χ0n) is 17.1. The SMILES string of the molecule is O=C(Cc1ccc(NS(=O)(=O)c2cccs2)cc1)Nc1cccc(NC(=O)c2cccs2)c1. The maximum atomic E-state index is 12.5. The smallest absolute Gasteiger partial charge is 0.271 e. The van der Waals surface area contributed by atoms with Crippen LogP contribution in [0.4, 0.5) is 17.1 Å². The number of thiophene rings is 2. The number of nitrogens with one attached hydrogen (secondary N) is 3. The third-order valence-electron chi connectivity index (χ3n) is 4.48. The molecule has 0 atom stereocenters. The Labute approximate surface area is 199 Å². The fourth-order valence-electron chi connectivity index (χ4n) is 2.98. The summed E-state index contributed by atoms with van der Waals surface area (Å²) < 4.78 is 27.4. The monoisotopic (exact) mass is 497 g/mol. The van der Waals surface area contributed by atoms with Crippen molar-refractivity contribution in [2.75, 3.05) is 15.4 Å². The van der Waals surface area contributed by atoms with Crippen LogP contribution in [-0.4, -0.2) is 20.2 Å². The molecule has 168 valence electrons. The van der Waals surface area contributed by atoms with Crippen LogP contribution in [0.15, 0.2) is 87.8 Å². The van der Waals surface area contributed by atoms with E-state index in [1.54, 1.807) is 66.0 Å². The predicted octanol–water partition coefficient (Wildman–Crippen LogP) is 5.04. The first-order valence-corrected chi connectivity index (χ1v) is 13.0. The lowest BCUT2D eigenvalue weighted by molar-refractivity contribution is -0.115. The Morgan fingerprint density at radius 2 is 1.45 bits per heavy atom. The first kappa shape index (κ1) is 22.7. The summed E-state index contributed by atoms with van der Waals surface area (Å²) in [6.45, 7) is 0. The van der Waals surface area contributed by atoms with E-state index in [1.807, 2.05) is 11.4 Å². The van der Waals surface area contributed by atoms with Crippen molar-refractivity contribution in [3.63, 3.8) is 0 Å². The molecule has 2 amide bonds. The zero-order chi connectivity index (χ0) is 23.3. The van der Waals surface area contributed by atoms with E-state index >= 15 is 0 Å². The molecule has 4 rings (SSSR count). The average Bonchev–Trinajstić information content (AvgIpc) is 3.50. The van der Waals surface area contributed by atoms with E-state index in [0.717, 1.165) is 16.9 Å². The summed E-state index contributed by atoms with van der Waals surface area (Å²) in [6.07, 6.45) is 0.115. The van der Waals surface area contributed by atoms with Gasteiger partial charge in [-0.3, -0.25) is 14.3 Å². The van der Waals surface area contributed by atoms with Gasteiger partial charge in [0.25, 0.3) is 15.9 Å². The highest BCUT2D eigenvalue weighted by molar-refractivity contribution is 7.94. The van der Waals surface area contributed by atoms with E-state index in [9.17, 15) is 18.0 Å². The number of hydrogen-bond acceptors (Lipinski definition) is 6. The van der Waals surface area contributed by atoms with Crippen molar-refractivity contribution in [3.8, 4) is 0 Å². The summed E-state index contributed by atoms with van der Waals surface area (Å²) in [6, 6.07) is 20.3. The number of carbonyl (C=O) groups excluding carboxylic acids is 2. The lowest BCUT2D eigenvalue weighted by Crippen LogP contribution is -2.15. The number of anilines is 3. The molecule has 0 radical (unpaired) electrons. The van der Waals surface area contributed by atoms with E-state index in [2.05, 4.69) is 15.4 Å². The van der Waals surface area contributed by atoms with Gasteiger partial charge in [0.2, 0.25) is 5.91 Å². The Bertz CT molecular complexity index is 1350. The van der Waals surface area contributed by atoms with Crippen molar-refractivity contribution in [1.82, 2.24) is 0 Å². The normalized spacial score (nSPS) is 11.0. The Balaban J connectivity index is 1.34. The van der Waals surface area contributed by atoms with Crippen LogP contribution in [0.1, 0.15) is 15.2 Å². The van der Waals surface area contributed by atoms with Crippen molar-refractivity contribution in [1.29, 1.82) is 0 Å². The molecule has 0 aliphatic carbocycles. The third kappa shape index (κ3) is 6.07. The van der Waals surface area contributed by atoms with Gasteiger partial charge in [-0.05, 0) is 58.8 Å². The highest BCUT2D eigenvalue weighted by atomic mass is 32.2. The van der Waals surface area contributed by atoms with E-state index in [0.29, 0.717) is 21.9 Å². The number of amides is 2. The summed E-state index contributed by atoms with van der Waals surface area (Å²) in [4.78, 5) is 25.3. The summed E-state index contributed by atoms with van der Waals surface area (Å²) in [5.74, 6) is -0.438. The second-order valence-electron chi connectivity index (χ2n) is 6.97. The maximum absolute atomic E-state index is 12.5. The number of rotatable bonds is 8. The highest BCUT2D eigenvalue weighted by Gasteiger charge is 2.15. The number of hydrogen-bond donors (Lipinski definition) is 3. The molecule has 7 nitrogen and oxygen atoms in total. The van der Waals surface area contributed by atoms with Gasteiger partial charge >= 0.3 is 0 Å². The lowest BCUT2D eigenvalue weighted by atomic mass is 10.1. The van der Waals surface area contributed by atoms with Gasteiger partial charge in [-0.15, -0.1) is 22.7 Å². The van der Waals surface area contributed by atoms with Gasteiger partial charge in [-0.2, -0.15) is 0 Å². The van der Waals surface area contributed by atoms with Gasteiger partial charge in [0, 0.05) is 17.1 Å². The van der Waals surface area contributed by atoms with Crippen LogP contribution in [0.5, 0.6) is 0 Å². The van der Waals surface area contributed by atoms with Crippen LogP contribution in [0.25, 0.3) is 0 Å². The van der Waals surface area contributed by atoms with Crippen molar-refractivity contribution < 1.29 is 18.0 Å². The van der Waals surface area contributed by atoms with Gasteiger partial charge in [-0.25, -0.2) is 8.42 Å². The molecule has 2 aromatic carbocycles. The Morgan fingerprint density at radius 1 is 0.758 bits per heavy atom. The van der Waals surface area contributed by atoms with Crippen molar-refractivity contribution in [3.05, 3.63) is 94.0 Å². The molecule has 0 spiro atoms. The van der Waals surface area contributed by atoms with Crippen LogP contribution in [-0.2, 0) is 21.2 Å². The predicted molar refractivity (Wildman–Crippen MR) is 133 cm³/mol. The lowest BCUT2D eigenvalue weighted by Gasteiger charge is -2.09. The molecular formula is C23H19N3O4S3. The number of benzene rings is 2. The third-order valence-corrected chi connectivity index (χ3v) is 8.13. The average molecular weight is 498 g/mol. The molecular weight excluding hydrogens is 478 g/mol. The second-order valence-corrected chi connectivity index (χ2v) is 10.8. The minimum atomic E-state index is -3.61. The molecule has 2 aromatic heterocycles. The van der Waals surface area contributed by atoms with E-state index in [4.69, 9.17) is 0 Å². The first-order chi connectivity index (χ1) is 15.9. The number of carbonyl (C=O) groups is 2. The Morgan fingerprint density at radius 3 is 2.12 bits per heavy atom. The molecule has 0 fully saturated rings. The molecule has 10 heteroatoms. The number of sulfonamides is 1. The van der Waals surface area contributed by atoms with Gasteiger partial charge in [0.05, 0.1) is 11.3 Å². The maximum Gasteiger partial charge on any atom is 0.271 e. The molecule has 0 aliphatic rings. The molecule has 2 heterocycles. The van der Waals surface area contributed by atoms with Crippen LogP contribution >= 0.6 is 22.7 Å². The second kappa shape index (κ2) is 9.99. The molecule has 0 unspecified atom stereocenters. The molecule has 0 saturated carbocycles. The highest BCUT2D eigenvalue weighted by Crippen LogP contribution is 2.21. The van der Waals surface area contributed by atoms with Gasteiger partial charge in [-0.1, -0.05) is 30.3 Å². The van der Waals surface area contributed by atoms with Crippen LogP contribution in [0.3, 0.4) is 0 Å². The van der Waals surface area contributed by atoms with Crippen molar-refractivity contribution in [2.45, 2.75) is 10.6 Å². The van der Waals surface area contributed by atoms with E-state index in [1.165, 1.54) is 17.4 Å². The Kier molecular flexibility index (Phi) is 6.87. The summed E-state index contributed by atoms with van der Waals surface area (Å²) in [5, 5.41) is 9.15. The van der Waals surface area contributed by atoms with Gasteiger partial charge < -0.3 is 10.6 Å². The molecule has 4 aromatic rings. The first-order valence-electron chi connectivity index (χ1n) is 9.79. The van der Waals surface area contributed by atoms with Crippen molar-refractivity contribution in [2.24, 2.45) is 0 Å². The molecule has 0 saturated heterocycles. The molecule has 3 N–H and O–H groups in total. The molecule has 0 bridgehead atoms. The fourth-order valence-corrected chi connectivity index (χ4v) is 5.65. The standard InChI is InChI=1S/C23H19N3O4S3/c27-21(24-18-4-1-5-19(15-18)25-23(28)20-6-2-12-31-20)14-16-8-10-17(11-9-16)26-33(29,30)22-7-3-13-32-22/h1-13,15,26H,14H2,(H,24,27)(H,25,28). The van der Waals surface area contributed by atoms with Crippen LogP contribution in [0.2, 0.25) is 0 Å². The molecule has 0 aliphatic heterocycles. The van der Waals surface area contributed by atoms with Crippen LogP contribution in [0, 0.1) is 0 Å². The Hall–Kier alpha value is -3.47. The summed E-state index contributed by atoms with van der Waals surface area (Å²) in [7, 11) is -3.61. The minimum absolute atomic E-state index is 0.115. The molecule has 33 heavy (non-hydrogen) atoms. The minimum Gasteiger partial charge on any atom is -0.326 e. The van der Waals surface area contributed by atoms with Gasteiger partial charge in [0.1, 0.15) is 4.21 Å². The topological polar surface area (TPSA) is 104 Å². The quantitative estimate of drug-likeness (QED) is 0.317.